The van der Waals surface area contributed by atoms with Crippen molar-refractivity contribution in [2.75, 3.05) is 26.9 Å². The predicted molar refractivity (Wildman–Crippen MR) is 87.5 cm³/mol. The van der Waals surface area contributed by atoms with Gasteiger partial charge in [-0.3, -0.25) is 0 Å². The van der Waals surface area contributed by atoms with Gasteiger partial charge in [-0.2, -0.15) is 0 Å². The van der Waals surface area contributed by atoms with Crippen molar-refractivity contribution < 1.29 is 32.9 Å². The quantitative estimate of drug-likeness (QED) is 0.744. The van der Waals surface area contributed by atoms with Crippen LogP contribution in [0.2, 0.25) is 0 Å². The van der Waals surface area contributed by atoms with Crippen LogP contribution < -0.4 is 10.1 Å². The van der Waals surface area contributed by atoms with Crippen molar-refractivity contribution >= 4 is 6.09 Å². The molecule has 0 fully saturated rings. The molecular formula is C17H25F2NO5. The SMILES string of the molecule is COCC(CO)[C@H](COc1cc(F)cc(F)c1)NC(=O)OC(C)(C)C. The van der Waals surface area contributed by atoms with Gasteiger partial charge >= 0.3 is 6.09 Å². The normalized spacial score (nSPS) is 13.9. The van der Waals surface area contributed by atoms with Crippen molar-refractivity contribution in [3.63, 3.8) is 0 Å². The first kappa shape index (κ1) is 21.1. The van der Waals surface area contributed by atoms with Crippen molar-refractivity contribution in [2.24, 2.45) is 5.92 Å². The van der Waals surface area contributed by atoms with Gasteiger partial charge in [-0.1, -0.05) is 0 Å². The van der Waals surface area contributed by atoms with Gasteiger partial charge in [0.25, 0.3) is 0 Å². The Morgan fingerprint density at radius 3 is 2.28 bits per heavy atom. The van der Waals surface area contributed by atoms with Crippen LogP contribution in [-0.2, 0) is 9.47 Å². The van der Waals surface area contributed by atoms with Crippen LogP contribution in [0.5, 0.6) is 5.75 Å². The molecule has 1 aromatic rings. The van der Waals surface area contributed by atoms with E-state index in [4.69, 9.17) is 14.2 Å². The van der Waals surface area contributed by atoms with E-state index in [9.17, 15) is 18.7 Å². The molecule has 8 heteroatoms. The van der Waals surface area contributed by atoms with Crippen LogP contribution in [0.3, 0.4) is 0 Å². The van der Waals surface area contributed by atoms with E-state index in [1.807, 2.05) is 0 Å². The van der Waals surface area contributed by atoms with Crippen LogP contribution in [0, 0.1) is 17.6 Å². The molecule has 0 aliphatic heterocycles. The number of carbonyl (C=O) groups is 1. The second-order valence-corrected chi connectivity index (χ2v) is 6.57. The van der Waals surface area contributed by atoms with Crippen LogP contribution in [0.1, 0.15) is 20.8 Å². The third kappa shape index (κ3) is 8.13. The first-order valence-corrected chi connectivity index (χ1v) is 7.83. The molecule has 0 aromatic heterocycles. The molecule has 2 N–H and O–H groups in total. The lowest BCUT2D eigenvalue weighted by atomic mass is 10.0. The second kappa shape index (κ2) is 9.53. The topological polar surface area (TPSA) is 77.0 Å². The molecule has 0 bridgehead atoms. The first-order valence-electron chi connectivity index (χ1n) is 7.83. The number of amides is 1. The molecule has 0 spiro atoms. The summed E-state index contributed by atoms with van der Waals surface area (Å²) < 4.78 is 42.0. The van der Waals surface area contributed by atoms with Gasteiger partial charge in [0.15, 0.2) is 0 Å². The number of aliphatic hydroxyl groups excluding tert-OH is 1. The van der Waals surface area contributed by atoms with Gasteiger partial charge < -0.3 is 24.6 Å². The zero-order valence-electron chi connectivity index (χ0n) is 14.8. The minimum Gasteiger partial charge on any atom is -0.491 e. The Labute approximate surface area is 146 Å². The number of methoxy groups -OCH3 is 1. The Morgan fingerprint density at radius 2 is 1.80 bits per heavy atom. The van der Waals surface area contributed by atoms with E-state index in [0.29, 0.717) is 0 Å². The molecule has 142 valence electrons. The largest absolute Gasteiger partial charge is 0.491 e. The number of benzene rings is 1. The lowest BCUT2D eigenvalue weighted by Gasteiger charge is -2.28. The Hall–Kier alpha value is -1.93. The van der Waals surface area contributed by atoms with Crippen molar-refractivity contribution in [1.82, 2.24) is 5.32 Å². The van der Waals surface area contributed by atoms with Crippen molar-refractivity contribution in [3.8, 4) is 5.75 Å². The predicted octanol–water partition coefficient (Wildman–Crippen LogP) is 2.49. The zero-order valence-corrected chi connectivity index (χ0v) is 14.8. The second-order valence-electron chi connectivity index (χ2n) is 6.57. The van der Waals surface area contributed by atoms with Gasteiger partial charge in [0.1, 0.15) is 29.6 Å². The molecular weight excluding hydrogens is 336 g/mol. The Bertz CT molecular complexity index is 542. The summed E-state index contributed by atoms with van der Waals surface area (Å²) in [5.41, 5.74) is -0.697. The van der Waals surface area contributed by atoms with Gasteiger partial charge in [0.05, 0.1) is 19.3 Å². The minimum atomic E-state index is -0.776. The number of nitrogens with one attached hydrogen (secondary N) is 1. The summed E-state index contributed by atoms with van der Waals surface area (Å²) in [5, 5.41) is 12.1. The summed E-state index contributed by atoms with van der Waals surface area (Å²) in [5.74, 6) is -2.07. The van der Waals surface area contributed by atoms with Crippen molar-refractivity contribution in [3.05, 3.63) is 29.8 Å². The lowest BCUT2D eigenvalue weighted by Crippen LogP contribution is -2.48. The smallest absolute Gasteiger partial charge is 0.408 e. The minimum absolute atomic E-state index is 0.0254. The highest BCUT2D eigenvalue weighted by atomic mass is 19.1. The van der Waals surface area contributed by atoms with E-state index in [1.54, 1.807) is 20.8 Å². The molecule has 1 unspecified atom stereocenters. The zero-order chi connectivity index (χ0) is 19.0. The fraction of sp³-hybridized carbons (Fsp3) is 0.588. The van der Waals surface area contributed by atoms with Gasteiger partial charge in [-0.25, -0.2) is 13.6 Å². The molecule has 2 atom stereocenters. The Balaban J connectivity index is 2.81. The number of carbonyl (C=O) groups excluding carboxylic acids is 1. The number of ether oxygens (including phenoxy) is 3. The number of aliphatic hydroxyl groups is 1. The number of hydrogen-bond acceptors (Lipinski definition) is 5. The van der Waals surface area contributed by atoms with E-state index in [0.717, 1.165) is 18.2 Å². The summed E-state index contributed by atoms with van der Waals surface area (Å²) in [6, 6.07) is 2.09. The molecule has 1 amide bonds. The third-order valence-corrected chi connectivity index (χ3v) is 3.15. The molecule has 6 nitrogen and oxygen atoms in total. The Kier molecular flexibility index (Phi) is 8.05. The van der Waals surface area contributed by atoms with Crippen LogP contribution in [-0.4, -0.2) is 49.8 Å². The Morgan fingerprint density at radius 1 is 1.20 bits per heavy atom. The van der Waals surface area contributed by atoms with Crippen LogP contribution in [0.25, 0.3) is 0 Å². The fourth-order valence-electron chi connectivity index (χ4n) is 2.06. The summed E-state index contributed by atoms with van der Waals surface area (Å²) >= 11 is 0. The molecule has 0 saturated heterocycles. The third-order valence-electron chi connectivity index (χ3n) is 3.15. The summed E-state index contributed by atoms with van der Waals surface area (Å²) in [6.45, 7) is 4.88. The van der Waals surface area contributed by atoms with Crippen LogP contribution in [0.4, 0.5) is 13.6 Å². The average Bonchev–Trinajstić information content (AvgIpc) is 2.46. The highest BCUT2D eigenvalue weighted by molar-refractivity contribution is 5.68. The molecule has 0 saturated carbocycles. The molecule has 0 radical (unpaired) electrons. The van der Waals surface area contributed by atoms with E-state index in [-0.39, 0.29) is 25.6 Å². The number of rotatable bonds is 8. The average molecular weight is 361 g/mol. The number of alkyl carbamates (subject to hydrolysis) is 1. The van der Waals surface area contributed by atoms with Gasteiger partial charge in [0.2, 0.25) is 0 Å². The number of halogens is 2. The van der Waals surface area contributed by atoms with E-state index < -0.39 is 35.3 Å². The number of hydrogen-bond donors (Lipinski definition) is 2. The van der Waals surface area contributed by atoms with E-state index >= 15 is 0 Å². The lowest BCUT2D eigenvalue weighted by molar-refractivity contribution is 0.0354. The fourth-order valence-corrected chi connectivity index (χ4v) is 2.06. The summed E-state index contributed by atoms with van der Waals surface area (Å²) in [4.78, 5) is 12.0. The molecule has 0 aliphatic rings. The van der Waals surface area contributed by atoms with Crippen molar-refractivity contribution in [2.45, 2.75) is 32.4 Å². The molecule has 0 aliphatic carbocycles. The van der Waals surface area contributed by atoms with Crippen molar-refractivity contribution in [1.29, 1.82) is 0 Å². The van der Waals surface area contributed by atoms with E-state index in [1.165, 1.54) is 7.11 Å². The van der Waals surface area contributed by atoms with Gasteiger partial charge in [0, 0.05) is 31.2 Å². The maximum Gasteiger partial charge on any atom is 0.408 e. The standard InChI is InChI=1S/C17H25F2NO5/c1-17(2,3)25-16(22)20-15(11(8-21)9-23-4)10-24-14-6-12(18)5-13(19)7-14/h5-7,11,15,21H,8-10H2,1-4H3,(H,20,22)/t11?,15-/m0/s1. The molecule has 0 heterocycles. The molecule has 1 aromatic carbocycles. The maximum atomic E-state index is 13.2. The highest BCUT2D eigenvalue weighted by Gasteiger charge is 2.26. The first-order chi connectivity index (χ1) is 11.6. The highest BCUT2D eigenvalue weighted by Crippen LogP contribution is 2.17. The van der Waals surface area contributed by atoms with E-state index in [2.05, 4.69) is 5.32 Å². The monoisotopic (exact) mass is 361 g/mol. The van der Waals surface area contributed by atoms with Crippen LogP contribution in [0.15, 0.2) is 18.2 Å². The maximum absolute atomic E-state index is 13.2. The molecule has 25 heavy (non-hydrogen) atoms. The summed E-state index contributed by atoms with van der Waals surface area (Å²) in [7, 11) is 1.45. The van der Waals surface area contributed by atoms with Gasteiger partial charge in [-0.05, 0) is 20.8 Å². The summed E-state index contributed by atoms with van der Waals surface area (Å²) in [6.07, 6.45) is -0.693. The van der Waals surface area contributed by atoms with Gasteiger partial charge in [-0.15, -0.1) is 0 Å². The molecule has 1 rings (SSSR count). The van der Waals surface area contributed by atoms with Crippen LogP contribution >= 0.6 is 0 Å².